The van der Waals surface area contributed by atoms with Crippen molar-refractivity contribution in [1.29, 1.82) is 0 Å². The molecule has 0 spiro atoms. The Balaban J connectivity index is 2.27. The van der Waals surface area contributed by atoms with Crippen molar-refractivity contribution in [2.24, 2.45) is 0 Å². The first-order valence-corrected chi connectivity index (χ1v) is 13.6. The summed E-state index contributed by atoms with van der Waals surface area (Å²) in [5.41, 5.74) is -13.5. The van der Waals surface area contributed by atoms with Crippen molar-refractivity contribution in [3.8, 4) is 11.1 Å². The monoisotopic (exact) mass is 728 g/mol. The summed E-state index contributed by atoms with van der Waals surface area (Å²) < 4.78 is 240. The standard InChI is InChI=1S/C33H14F16N/c1-9-4-10(2)30(11(3)20(9)21-12(34)5-13(35)22(42)26(21)46)50(31-17(39)6-14(36)23(43)27(31)47,32-18(40)7-15(37)24(44)28(32)48)33-19(41)8-16(38)25(45)29(33)49/h4-8H,1-3H3/q+1. The largest absolute Gasteiger partial charge is 0.226 e. The van der Waals surface area contributed by atoms with Crippen LogP contribution in [0.4, 0.5) is 93.0 Å². The van der Waals surface area contributed by atoms with Crippen LogP contribution in [0, 0.1) is 114 Å². The van der Waals surface area contributed by atoms with E-state index in [1.54, 1.807) is 0 Å². The minimum Gasteiger partial charge on any atom is -0.206 e. The number of nitrogens with zero attached hydrogens (tertiary/aromatic N) is 1. The number of rotatable bonds is 5. The molecule has 0 radical (unpaired) electrons. The summed E-state index contributed by atoms with van der Waals surface area (Å²) in [5.74, 6) is -40.3. The molecule has 0 saturated carbocycles. The van der Waals surface area contributed by atoms with E-state index in [9.17, 15) is 35.1 Å². The van der Waals surface area contributed by atoms with Gasteiger partial charge in [0.15, 0.2) is 58.0 Å². The first kappa shape index (κ1) is 36.2. The lowest BCUT2D eigenvalue weighted by Crippen LogP contribution is -2.41. The molecule has 0 aliphatic heterocycles. The molecule has 5 rings (SSSR count). The maximum absolute atomic E-state index is 16.0. The van der Waals surface area contributed by atoms with Crippen molar-refractivity contribution in [1.82, 2.24) is 4.48 Å². The summed E-state index contributed by atoms with van der Waals surface area (Å²) >= 11 is 0. The predicted molar refractivity (Wildman–Crippen MR) is 146 cm³/mol. The minimum atomic E-state index is -3.32. The molecule has 0 unspecified atom stereocenters. The Morgan fingerprint density at radius 1 is 0.300 bits per heavy atom. The molecule has 0 saturated heterocycles. The topological polar surface area (TPSA) is 0 Å². The van der Waals surface area contributed by atoms with Gasteiger partial charge in [0, 0.05) is 35.4 Å². The molecule has 0 amide bonds. The van der Waals surface area contributed by atoms with Crippen molar-refractivity contribution in [3.63, 3.8) is 0 Å². The Morgan fingerprint density at radius 3 is 0.980 bits per heavy atom. The summed E-state index contributed by atoms with van der Waals surface area (Å²) in [6, 6.07) is -1.11. The van der Waals surface area contributed by atoms with Gasteiger partial charge in [0.1, 0.15) is 5.82 Å². The van der Waals surface area contributed by atoms with E-state index < -0.39 is 166 Å². The van der Waals surface area contributed by atoms with Gasteiger partial charge < -0.3 is 0 Å². The first-order valence-electron chi connectivity index (χ1n) is 13.6. The molecule has 0 aliphatic rings. The molecule has 0 aromatic heterocycles. The highest BCUT2D eigenvalue weighted by atomic mass is 19.2. The van der Waals surface area contributed by atoms with Crippen LogP contribution in [0.1, 0.15) is 16.7 Å². The second kappa shape index (κ2) is 12.4. The van der Waals surface area contributed by atoms with Gasteiger partial charge in [0.05, 0.1) is 5.56 Å². The van der Waals surface area contributed by atoms with Crippen LogP contribution in [-0.2, 0) is 0 Å². The van der Waals surface area contributed by atoms with E-state index in [-0.39, 0.29) is 6.07 Å². The number of quaternary nitrogens is 1. The van der Waals surface area contributed by atoms with Gasteiger partial charge in [-0.15, -0.1) is 0 Å². The number of benzene rings is 5. The Hall–Kier alpha value is -5.06. The van der Waals surface area contributed by atoms with E-state index >= 15 is 35.1 Å². The summed E-state index contributed by atoms with van der Waals surface area (Å²) in [4.78, 5) is 0. The zero-order valence-electron chi connectivity index (χ0n) is 24.9. The van der Waals surface area contributed by atoms with Gasteiger partial charge in [-0.1, -0.05) is 0 Å². The lowest BCUT2D eigenvalue weighted by molar-refractivity contribution is 0.386. The van der Waals surface area contributed by atoms with Crippen LogP contribution in [0.5, 0.6) is 0 Å². The highest BCUT2D eigenvalue weighted by Crippen LogP contribution is 2.60. The van der Waals surface area contributed by atoms with Gasteiger partial charge in [-0.05, 0) is 38.0 Å². The number of hydrogen-bond acceptors (Lipinski definition) is 0. The molecular formula is C33H14F16N+. The molecule has 5 aromatic rings. The molecule has 0 atom stereocenters. The zero-order chi connectivity index (χ0) is 37.5. The second-order valence-electron chi connectivity index (χ2n) is 10.8. The van der Waals surface area contributed by atoms with Crippen LogP contribution in [0.2, 0.25) is 0 Å². The van der Waals surface area contributed by atoms with E-state index in [4.69, 9.17) is 0 Å². The maximum atomic E-state index is 16.0. The lowest BCUT2D eigenvalue weighted by Gasteiger charge is -2.40. The quantitative estimate of drug-likeness (QED) is 0.0732. The maximum Gasteiger partial charge on any atom is 0.226 e. The third kappa shape index (κ3) is 5.00. The van der Waals surface area contributed by atoms with Crippen molar-refractivity contribution in [2.45, 2.75) is 20.8 Å². The third-order valence-electron chi connectivity index (χ3n) is 7.91. The molecule has 5 aromatic carbocycles. The Labute approximate surface area is 269 Å². The Bertz CT molecular complexity index is 2130. The second-order valence-corrected chi connectivity index (χ2v) is 10.8. The van der Waals surface area contributed by atoms with E-state index in [1.807, 2.05) is 0 Å². The van der Waals surface area contributed by atoms with Gasteiger partial charge in [0.2, 0.25) is 52.0 Å². The minimum absolute atomic E-state index is 0.188. The van der Waals surface area contributed by atoms with Gasteiger partial charge in [0.25, 0.3) is 0 Å². The van der Waals surface area contributed by atoms with Crippen molar-refractivity contribution >= 4 is 22.7 Å². The highest BCUT2D eigenvalue weighted by molar-refractivity contribution is 5.90. The van der Waals surface area contributed by atoms with Gasteiger partial charge in [-0.2, -0.15) is 17.7 Å². The van der Waals surface area contributed by atoms with E-state index in [0.29, 0.717) is 13.0 Å². The van der Waals surface area contributed by atoms with E-state index in [1.165, 1.54) is 0 Å². The van der Waals surface area contributed by atoms with Gasteiger partial charge in [-0.25, -0.2) is 57.1 Å². The Morgan fingerprint density at radius 2 is 0.620 bits per heavy atom. The number of aryl methyl sites for hydroxylation is 2. The fourth-order valence-electron chi connectivity index (χ4n) is 6.13. The van der Waals surface area contributed by atoms with Crippen LogP contribution in [0.3, 0.4) is 0 Å². The van der Waals surface area contributed by atoms with Crippen molar-refractivity contribution in [3.05, 3.63) is 140 Å². The molecule has 0 aliphatic carbocycles. The highest BCUT2D eigenvalue weighted by Gasteiger charge is 2.56. The molecular weight excluding hydrogens is 714 g/mol. The summed E-state index contributed by atoms with van der Waals surface area (Å²) in [5, 5.41) is 0. The molecule has 262 valence electrons. The normalized spacial score (nSPS) is 11.9. The average molecular weight is 728 g/mol. The molecule has 0 N–H and O–H groups in total. The van der Waals surface area contributed by atoms with Crippen LogP contribution in [-0.4, -0.2) is 0 Å². The van der Waals surface area contributed by atoms with Crippen LogP contribution in [0.25, 0.3) is 11.1 Å². The molecule has 0 bridgehead atoms. The smallest absolute Gasteiger partial charge is 0.206 e. The first-order chi connectivity index (χ1) is 23.2. The zero-order valence-corrected chi connectivity index (χ0v) is 24.9. The summed E-state index contributed by atoms with van der Waals surface area (Å²) in [6.45, 7) is 2.45. The average Bonchev–Trinajstić information content (AvgIpc) is 3.01. The third-order valence-corrected chi connectivity index (χ3v) is 7.91. The molecule has 1 nitrogen and oxygen atoms in total. The fourth-order valence-corrected chi connectivity index (χ4v) is 6.13. The summed E-state index contributed by atoms with van der Waals surface area (Å²) in [6.07, 6.45) is 0. The predicted octanol–water partition coefficient (Wildman–Crippen LogP) is 11.8. The van der Waals surface area contributed by atoms with Crippen molar-refractivity contribution < 1.29 is 70.2 Å². The number of hydrogen-bond donors (Lipinski definition) is 0. The van der Waals surface area contributed by atoms with E-state index in [0.717, 1.165) is 13.8 Å². The molecule has 0 heterocycles. The molecule has 50 heavy (non-hydrogen) atoms. The Kier molecular flexibility index (Phi) is 8.96. The SMILES string of the molecule is Cc1cc(C)c([N+](c2c(F)cc(F)c(F)c2F)(c2c(F)cc(F)c(F)c2F)c2c(F)cc(F)c(F)c2F)c(C)c1-c1c(F)cc(F)c(F)c1F. The van der Waals surface area contributed by atoms with E-state index in [2.05, 4.69) is 0 Å². The van der Waals surface area contributed by atoms with Crippen molar-refractivity contribution in [2.75, 3.05) is 0 Å². The van der Waals surface area contributed by atoms with Crippen LogP contribution in [0.15, 0.2) is 30.3 Å². The van der Waals surface area contributed by atoms with Crippen LogP contribution >= 0.6 is 0 Å². The van der Waals surface area contributed by atoms with Crippen LogP contribution < -0.4 is 4.48 Å². The summed E-state index contributed by atoms with van der Waals surface area (Å²) in [7, 11) is 0. The number of halogens is 16. The van der Waals surface area contributed by atoms with Gasteiger partial charge in [-0.3, -0.25) is 0 Å². The van der Waals surface area contributed by atoms with Gasteiger partial charge >= 0.3 is 0 Å². The lowest BCUT2D eigenvalue weighted by atomic mass is 9.88. The molecule has 0 fully saturated rings. The molecule has 17 heteroatoms. The fraction of sp³-hybridized carbons (Fsp3) is 0.0909.